The molecule has 3 aliphatic carbocycles. The van der Waals surface area contributed by atoms with Crippen molar-refractivity contribution in [3.8, 4) is 0 Å². The molecule has 4 rings (SSSR count). The molecule has 0 aromatic rings. The summed E-state index contributed by atoms with van der Waals surface area (Å²) in [5.41, 5.74) is 1.13. The lowest BCUT2D eigenvalue weighted by atomic mass is 9.44. The summed E-state index contributed by atoms with van der Waals surface area (Å²) in [4.78, 5) is 0. The van der Waals surface area contributed by atoms with Gasteiger partial charge >= 0.3 is 0 Å². The third kappa shape index (κ3) is 3.98. The van der Waals surface area contributed by atoms with Crippen LogP contribution in [0.2, 0.25) is 13.1 Å². The Morgan fingerprint density at radius 3 is 2.57 bits per heavy atom. The van der Waals surface area contributed by atoms with E-state index in [4.69, 9.17) is 4.43 Å². The lowest BCUT2D eigenvalue weighted by Gasteiger charge is -2.62. The second-order valence-corrected chi connectivity index (χ2v) is 15.1. The highest BCUT2D eigenvalue weighted by molar-refractivity contribution is 6.48. The summed E-state index contributed by atoms with van der Waals surface area (Å²) in [6.07, 6.45) is 14.4. The first-order chi connectivity index (χ1) is 14.3. The van der Waals surface area contributed by atoms with Gasteiger partial charge in [-0.3, -0.25) is 0 Å². The van der Waals surface area contributed by atoms with Gasteiger partial charge in [0.2, 0.25) is 0 Å². The molecule has 9 atom stereocenters. The van der Waals surface area contributed by atoms with Crippen LogP contribution in [0.3, 0.4) is 0 Å². The third-order valence-electron chi connectivity index (χ3n) is 10.7. The van der Waals surface area contributed by atoms with Crippen LogP contribution in [0.25, 0.3) is 0 Å². The molecule has 2 nitrogen and oxygen atoms in total. The Hall–Kier alpha value is 0.137. The molecule has 3 heteroatoms. The summed E-state index contributed by atoms with van der Waals surface area (Å²) in [5.74, 6) is 5.52. The van der Waals surface area contributed by atoms with E-state index in [-0.39, 0.29) is 0 Å². The van der Waals surface area contributed by atoms with Gasteiger partial charge in [0.15, 0.2) is 9.04 Å². The number of rotatable bonds is 7. The molecule has 4 fully saturated rings. The quantitative estimate of drug-likeness (QED) is 0.454. The number of unbranched alkanes of at least 4 members (excludes halogenated alkanes) is 1. The Balaban J connectivity index is 1.56. The van der Waals surface area contributed by atoms with Crippen LogP contribution in [0.5, 0.6) is 0 Å². The normalized spacial score (nSPS) is 46.9. The molecule has 0 amide bonds. The number of hydrogen-bond donors (Lipinski definition) is 1. The topological polar surface area (TPSA) is 21.3 Å². The zero-order valence-corrected chi connectivity index (χ0v) is 22.2. The predicted octanol–water partition coefficient (Wildman–Crippen LogP) is 6.65. The number of fused-ring (bicyclic) bond motifs is 5. The van der Waals surface area contributed by atoms with Gasteiger partial charge in [0, 0.05) is 12.6 Å². The van der Waals surface area contributed by atoms with Crippen molar-refractivity contribution in [2.75, 3.05) is 13.2 Å². The smallest absolute Gasteiger partial charge is 0.170 e. The Bertz CT molecular complexity index is 581. The van der Waals surface area contributed by atoms with Crippen molar-refractivity contribution in [2.45, 2.75) is 111 Å². The molecular formula is C27H51NOSi. The lowest BCUT2D eigenvalue weighted by molar-refractivity contribution is -0.123. The summed E-state index contributed by atoms with van der Waals surface area (Å²) in [7, 11) is -0.933. The van der Waals surface area contributed by atoms with Crippen LogP contribution < -0.4 is 5.32 Å². The minimum Gasteiger partial charge on any atom is -0.420 e. The fraction of sp³-hybridized carbons (Fsp3) is 1.00. The molecule has 0 bridgehead atoms. The van der Waals surface area contributed by atoms with Gasteiger partial charge in [0.05, 0.1) is 0 Å². The van der Waals surface area contributed by atoms with E-state index in [0.717, 1.165) is 48.2 Å². The maximum atomic E-state index is 6.38. The van der Waals surface area contributed by atoms with Crippen molar-refractivity contribution in [1.29, 1.82) is 0 Å². The van der Waals surface area contributed by atoms with E-state index < -0.39 is 9.04 Å². The van der Waals surface area contributed by atoms with Gasteiger partial charge in [-0.25, -0.2) is 0 Å². The van der Waals surface area contributed by atoms with E-state index in [1.54, 1.807) is 0 Å². The zero-order chi connectivity index (χ0) is 21.5. The molecule has 1 heterocycles. The van der Waals surface area contributed by atoms with Crippen molar-refractivity contribution in [3.05, 3.63) is 0 Å². The second kappa shape index (κ2) is 9.18. The van der Waals surface area contributed by atoms with Gasteiger partial charge in [-0.05, 0) is 117 Å². The highest BCUT2D eigenvalue weighted by Crippen LogP contribution is 2.67. The number of piperidine rings is 1. The minimum absolute atomic E-state index is 0.558. The molecule has 174 valence electrons. The maximum Gasteiger partial charge on any atom is 0.170 e. The molecule has 1 saturated heterocycles. The average Bonchev–Trinajstić information content (AvgIpc) is 3.05. The van der Waals surface area contributed by atoms with Gasteiger partial charge < -0.3 is 9.74 Å². The van der Waals surface area contributed by atoms with Crippen molar-refractivity contribution in [2.24, 2.45) is 46.3 Å². The molecular weight excluding hydrogens is 382 g/mol. The van der Waals surface area contributed by atoms with E-state index in [2.05, 4.69) is 46.1 Å². The van der Waals surface area contributed by atoms with Crippen LogP contribution >= 0.6 is 0 Å². The van der Waals surface area contributed by atoms with Gasteiger partial charge in [-0.2, -0.15) is 0 Å². The average molecular weight is 434 g/mol. The minimum atomic E-state index is -0.933. The largest absolute Gasteiger partial charge is 0.420 e. The van der Waals surface area contributed by atoms with Crippen LogP contribution in [0.4, 0.5) is 0 Å². The van der Waals surface area contributed by atoms with Crippen LogP contribution in [0, 0.1) is 46.3 Å². The Morgan fingerprint density at radius 2 is 1.83 bits per heavy atom. The fourth-order valence-corrected chi connectivity index (χ4v) is 9.87. The first kappa shape index (κ1) is 23.3. The van der Waals surface area contributed by atoms with Gasteiger partial charge in [0.1, 0.15) is 0 Å². The molecule has 0 unspecified atom stereocenters. The lowest BCUT2D eigenvalue weighted by Crippen LogP contribution is -2.62. The van der Waals surface area contributed by atoms with Gasteiger partial charge in [-0.15, -0.1) is 0 Å². The molecule has 4 aliphatic rings. The van der Waals surface area contributed by atoms with Crippen molar-refractivity contribution < 1.29 is 4.43 Å². The Morgan fingerprint density at radius 1 is 1.07 bits per heavy atom. The van der Waals surface area contributed by atoms with E-state index in [0.29, 0.717) is 10.8 Å². The SMILES string of the molecule is CCCC[C@@H](CO[SiH](C)C)[C@H]1CC[C@H]2[C@@H]3[C@@H](C)C[C@H]4NCCC[C@]4(C)[C@H]3CC[C@]12C. The van der Waals surface area contributed by atoms with Crippen molar-refractivity contribution in [3.63, 3.8) is 0 Å². The molecule has 3 saturated carbocycles. The highest BCUT2D eigenvalue weighted by Gasteiger charge is 2.62. The standard InChI is InChI=1S/C27H51NOSi/c1-7-8-10-20(18-29-30(5)6)21-11-12-22-25-19(2)17-24-27(4,14-9-16-28-24)23(25)13-15-26(21,22)3/h19-25,28,30H,7-18H2,1-6H3/t19-,20-,21+,22-,23-,24+,25-,26+,27+/m0/s1. The molecule has 0 aromatic heterocycles. The maximum absolute atomic E-state index is 6.38. The number of hydrogen-bond acceptors (Lipinski definition) is 2. The van der Waals surface area contributed by atoms with Crippen LogP contribution in [0.15, 0.2) is 0 Å². The van der Waals surface area contributed by atoms with Crippen LogP contribution in [-0.4, -0.2) is 28.2 Å². The molecule has 0 radical (unpaired) electrons. The monoisotopic (exact) mass is 433 g/mol. The van der Waals surface area contributed by atoms with E-state index in [1.165, 1.54) is 70.8 Å². The fourth-order valence-electron chi connectivity index (χ4n) is 9.23. The molecule has 1 aliphatic heterocycles. The van der Waals surface area contributed by atoms with E-state index >= 15 is 0 Å². The van der Waals surface area contributed by atoms with Gasteiger partial charge in [0.25, 0.3) is 0 Å². The second-order valence-electron chi connectivity index (χ2n) is 12.6. The summed E-state index contributed by atoms with van der Waals surface area (Å²) in [6.45, 7) is 17.4. The zero-order valence-electron chi connectivity index (χ0n) is 21.0. The summed E-state index contributed by atoms with van der Waals surface area (Å²) >= 11 is 0. The number of nitrogens with one attached hydrogen (secondary N) is 1. The first-order valence-corrected chi connectivity index (χ1v) is 16.4. The molecule has 0 aromatic carbocycles. The van der Waals surface area contributed by atoms with E-state index in [1.807, 2.05) is 0 Å². The third-order valence-corrected chi connectivity index (χ3v) is 11.6. The molecule has 1 N–H and O–H groups in total. The molecule has 0 spiro atoms. The summed E-state index contributed by atoms with van der Waals surface area (Å²) in [5, 5.41) is 3.96. The van der Waals surface area contributed by atoms with Gasteiger partial charge in [-0.1, -0.05) is 40.5 Å². The Kier molecular flexibility index (Phi) is 7.13. The van der Waals surface area contributed by atoms with Crippen LogP contribution in [-0.2, 0) is 4.43 Å². The molecule has 30 heavy (non-hydrogen) atoms. The van der Waals surface area contributed by atoms with Crippen molar-refractivity contribution >= 4 is 9.04 Å². The summed E-state index contributed by atoms with van der Waals surface area (Å²) in [6, 6.07) is 0.783. The predicted molar refractivity (Wildman–Crippen MR) is 131 cm³/mol. The summed E-state index contributed by atoms with van der Waals surface area (Å²) < 4.78 is 6.38. The highest BCUT2D eigenvalue weighted by atomic mass is 28.3. The van der Waals surface area contributed by atoms with Crippen molar-refractivity contribution in [1.82, 2.24) is 5.32 Å². The van der Waals surface area contributed by atoms with E-state index in [9.17, 15) is 0 Å². The first-order valence-electron chi connectivity index (χ1n) is 13.7. The van der Waals surface area contributed by atoms with Crippen LogP contribution in [0.1, 0.15) is 91.9 Å². The Labute approximate surface area is 189 Å².